The van der Waals surface area contributed by atoms with Gasteiger partial charge in [-0.15, -0.1) is 0 Å². The van der Waals surface area contributed by atoms with Crippen molar-refractivity contribution in [2.24, 2.45) is 0 Å². The summed E-state index contributed by atoms with van der Waals surface area (Å²) in [4.78, 5) is 38.1. The molecular formula is C61H108O6. The van der Waals surface area contributed by atoms with E-state index < -0.39 is 6.10 Å². The molecule has 0 fully saturated rings. The largest absolute Gasteiger partial charge is 0.462 e. The second-order valence-electron chi connectivity index (χ2n) is 19.3. The van der Waals surface area contributed by atoms with E-state index in [0.717, 1.165) is 83.5 Å². The lowest BCUT2D eigenvalue weighted by molar-refractivity contribution is -0.167. The number of rotatable bonds is 52. The molecule has 0 aromatic rings. The van der Waals surface area contributed by atoms with Crippen LogP contribution < -0.4 is 0 Å². The minimum absolute atomic E-state index is 0.0810. The molecule has 67 heavy (non-hydrogen) atoms. The third kappa shape index (κ3) is 53.9. The van der Waals surface area contributed by atoms with Gasteiger partial charge in [-0.2, -0.15) is 0 Å². The first-order valence-corrected chi connectivity index (χ1v) is 28.9. The van der Waals surface area contributed by atoms with Crippen molar-refractivity contribution in [2.75, 3.05) is 13.2 Å². The molecule has 0 radical (unpaired) electrons. The van der Waals surface area contributed by atoms with Gasteiger partial charge in [-0.1, -0.05) is 293 Å². The Balaban J connectivity index is 4.37. The van der Waals surface area contributed by atoms with Crippen molar-refractivity contribution in [2.45, 2.75) is 297 Å². The summed E-state index contributed by atoms with van der Waals surface area (Å²) in [6, 6.07) is 0. The van der Waals surface area contributed by atoms with E-state index in [-0.39, 0.29) is 31.1 Å². The fraction of sp³-hybridized carbons (Fsp3) is 0.787. The maximum atomic E-state index is 12.8. The van der Waals surface area contributed by atoms with Gasteiger partial charge in [0.2, 0.25) is 0 Å². The van der Waals surface area contributed by atoms with Gasteiger partial charge in [0, 0.05) is 19.3 Å². The molecular weight excluding hydrogens is 829 g/mol. The van der Waals surface area contributed by atoms with Crippen molar-refractivity contribution in [1.29, 1.82) is 0 Å². The van der Waals surface area contributed by atoms with Crippen LogP contribution in [0.3, 0.4) is 0 Å². The number of carbonyl (C=O) groups is 3. The van der Waals surface area contributed by atoms with Gasteiger partial charge in [0.05, 0.1) is 0 Å². The van der Waals surface area contributed by atoms with Crippen LogP contribution in [0.5, 0.6) is 0 Å². The summed E-state index contributed by atoms with van der Waals surface area (Å²) in [5.41, 5.74) is 0. The highest BCUT2D eigenvalue weighted by molar-refractivity contribution is 5.71. The molecule has 0 rings (SSSR count). The van der Waals surface area contributed by atoms with Crippen LogP contribution in [0.25, 0.3) is 0 Å². The smallest absolute Gasteiger partial charge is 0.306 e. The number of hydrogen-bond donors (Lipinski definition) is 0. The molecule has 0 aromatic carbocycles. The molecule has 0 aliphatic heterocycles. The molecule has 0 saturated carbocycles. The Kier molecular flexibility index (Phi) is 53.3. The van der Waals surface area contributed by atoms with Gasteiger partial charge in [0.25, 0.3) is 0 Å². The van der Waals surface area contributed by atoms with E-state index in [2.05, 4.69) is 57.2 Å². The lowest BCUT2D eigenvalue weighted by atomic mass is 10.0. The first-order valence-electron chi connectivity index (χ1n) is 28.9. The highest BCUT2D eigenvalue weighted by atomic mass is 16.6. The van der Waals surface area contributed by atoms with E-state index in [4.69, 9.17) is 14.2 Å². The Hall–Kier alpha value is -2.89. The third-order valence-corrected chi connectivity index (χ3v) is 12.6. The van der Waals surface area contributed by atoms with Crippen molar-refractivity contribution < 1.29 is 28.6 Å². The van der Waals surface area contributed by atoms with E-state index >= 15 is 0 Å². The zero-order chi connectivity index (χ0) is 48.6. The molecule has 6 heteroatoms. The normalized spacial score (nSPS) is 12.5. The Morgan fingerprint density at radius 3 is 0.896 bits per heavy atom. The standard InChI is InChI=1S/C61H108O6/c1-4-7-10-13-16-19-22-25-27-29-31-33-34-36-39-42-45-48-51-54-60(63)66-57-58(56-65-59(62)53-50-47-44-41-38-24-21-18-15-12-9-6-3)67-61(64)55-52-49-46-43-40-37-35-32-30-28-26-23-20-17-14-11-8-5-2/h11,14,17,20,23,26,28,30,32,35,58H,4-10,12-13,15-16,18-19,21-22,24-25,27,29,31,33-34,36-57H2,1-3H3/b14-11-,20-17-,26-23-,30-28-,35-32-. The lowest BCUT2D eigenvalue weighted by Crippen LogP contribution is -2.30. The number of unbranched alkanes of at least 4 members (excludes halogenated alkanes) is 35. The highest BCUT2D eigenvalue weighted by Gasteiger charge is 2.19. The van der Waals surface area contributed by atoms with E-state index in [0.29, 0.717) is 19.3 Å². The Morgan fingerprint density at radius 1 is 0.299 bits per heavy atom. The monoisotopic (exact) mass is 937 g/mol. The quantitative estimate of drug-likeness (QED) is 0.0262. The molecule has 0 saturated heterocycles. The van der Waals surface area contributed by atoms with Gasteiger partial charge in [0.15, 0.2) is 6.10 Å². The minimum Gasteiger partial charge on any atom is -0.462 e. The SMILES string of the molecule is CCC\C=C/C=C\C=C/C=C\C=C/CCCCCCCC(=O)OC(COC(=O)CCCCCCCCCCCCCC)COC(=O)CCCCCCCCCCCCCCCCCCCCC. The average Bonchev–Trinajstić information content (AvgIpc) is 3.33. The van der Waals surface area contributed by atoms with Crippen LogP contribution in [-0.2, 0) is 28.6 Å². The van der Waals surface area contributed by atoms with Crippen LogP contribution in [0.1, 0.15) is 290 Å². The molecule has 0 bridgehead atoms. The van der Waals surface area contributed by atoms with Crippen molar-refractivity contribution >= 4 is 17.9 Å². The predicted octanol–water partition coefficient (Wildman–Crippen LogP) is 19.2. The van der Waals surface area contributed by atoms with Crippen molar-refractivity contribution in [3.63, 3.8) is 0 Å². The molecule has 0 aliphatic rings. The molecule has 1 atom stereocenters. The van der Waals surface area contributed by atoms with Crippen LogP contribution in [0.4, 0.5) is 0 Å². The van der Waals surface area contributed by atoms with Gasteiger partial charge >= 0.3 is 17.9 Å². The molecule has 0 spiro atoms. The lowest BCUT2D eigenvalue weighted by Gasteiger charge is -2.18. The number of carbonyl (C=O) groups excluding carboxylic acids is 3. The van der Waals surface area contributed by atoms with Gasteiger partial charge < -0.3 is 14.2 Å². The zero-order valence-electron chi connectivity index (χ0n) is 44.4. The maximum Gasteiger partial charge on any atom is 0.306 e. The fourth-order valence-corrected chi connectivity index (χ4v) is 8.30. The summed E-state index contributed by atoms with van der Waals surface area (Å²) in [7, 11) is 0. The van der Waals surface area contributed by atoms with E-state index in [1.807, 2.05) is 24.3 Å². The summed E-state index contributed by atoms with van der Waals surface area (Å²) in [6.07, 6.45) is 69.2. The summed E-state index contributed by atoms with van der Waals surface area (Å²) in [5, 5.41) is 0. The molecule has 0 aromatic heterocycles. The average molecular weight is 938 g/mol. The highest BCUT2D eigenvalue weighted by Crippen LogP contribution is 2.17. The Labute approximate surface area is 415 Å². The van der Waals surface area contributed by atoms with Gasteiger partial charge in [-0.25, -0.2) is 0 Å². The summed E-state index contributed by atoms with van der Waals surface area (Å²) in [6.45, 7) is 6.56. The number of hydrogen-bond acceptors (Lipinski definition) is 6. The predicted molar refractivity (Wildman–Crippen MR) is 288 cm³/mol. The number of esters is 3. The van der Waals surface area contributed by atoms with Crippen molar-refractivity contribution in [3.05, 3.63) is 60.8 Å². The Bertz CT molecular complexity index is 1210. The van der Waals surface area contributed by atoms with Gasteiger partial charge in [-0.3, -0.25) is 14.4 Å². The molecule has 388 valence electrons. The van der Waals surface area contributed by atoms with Crippen LogP contribution >= 0.6 is 0 Å². The molecule has 0 N–H and O–H groups in total. The second-order valence-corrected chi connectivity index (χ2v) is 19.3. The zero-order valence-corrected chi connectivity index (χ0v) is 44.4. The maximum absolute atomic E-state index is 12.8. The molecule has 6 nitrogen and oxygen atoms in total. The second kappa shape index (κ2) is 55.7. The molecule has 0 amide bonds. The number of ether oxygens (including phenoxy) is 3. The summed E-state index contributed by atoms with van der Waals surface area (Å²) >= 11 is 0. The van der Waals surface area contributed by atoms with Crippen molar-refractivity contribution in [3.8, 4) is 0 Å². The minimum atomic E-state index is -0.784. The topological polar surface area (TPSA) is 78.9 Å². The van der Waals surface area contributed by atoms with Crippen LogP contribution in [0.2, 0.25) is 0 Å². The first-order chi connectivity index (χ1) is 33.0. The molecule has 1 unspecified atom stereocenters. The first kappa shape index (κ1) is 64.1. The van der Waals surface area contributed by atoms with Crippen LogP contribution in [-0.4, -0.2) is 37.2 Å². The number of allylic oxidation sites excluding steroid dienone is 10. The molecule has 0 heterocycles. The third-order valence-electron chi connectivity index (χ3n) is 12.6. The molecule has 0 aliphatic carbocycles. The van der Waals surface area contributed by atoms with Crippen LogP contribution in [0, 0.1) is 0 Å². The van der Waals surface area contributed by atoms with Gasteiger partial charge in [-0.05, 0) is 38.5 Å². The fourth-order valence-electron chi connectivity index (χ4n) is 8.30. The van der Waals surface area contributed by atoms with E-state index in [9.17, 15) is 14.4 Å². The van der Waals surface area contributed by atoms with E-state index in [1.165, 1.54) is 167 Å². The van der Waals surface area contributed by atoms with Crippen molar-refractivity contribution in [1.82, 2.24) is 0 Å². The van der Waals surface area contributed by atoms with Gasteiger partial charge in [0.1, 0.15) is 13.2 Å². The Morgan fingerprint density at radius 2 is 0.567 bits per heavy atom. The van der Waals surface area contributed by atoms with Crippen LogP contribution in [0.15, 0.2) is 60.8 Å². The summed E-state index contributed by atoms with van der Waals surface area (Å²) in [5.74, 6) is -0.892. The van der Waals surface area contributed by atoms with E-state index in [1.54, 1.807) is 0 Å². The summed E-state index contributed by atoms with van der Waals surface area (Å²) < 4.78 is 16.9.